The molecular formula is C25H29N3O5. The zero-order valence-electron chi connectivity index (χ0n) is 18.5. The quantitative estimate of drug-likeness (QED) is 0.354. The Morgan fingerprint density at radius 1 is 1.00 bits per heavy atom. The lowest BCUT2D eigenvalue weighted by molar-refractivity contribution is -0.142. The lowest BCUT2D eigenvalue weighted by Gasteiger charge is -2.21. The minimum atomic E-state index is -1.14. The Kier molecular flexibility index (Phi) is 8.46. The lowest BCUT2D eigenvalue weighted by Crippen LogP contribution is -2.52. The smallest absolute Gasteiger partial charge is 0.408 e. The van der Waals surface area contributed by atoms with E-state index in [2.05, 4.69) is 15.6 Å². The Labute approximate surface area is 192 Å². The third-order valence-electron chi connectivity index (χ3n) is 5.38. The van der Waals surface area contributed by atoms with Gasteiger partial charge in [-0.1, -0.05) is 68.3 Å². The van der Waals surface area contributed by atoms with E-state index in [0.29, 0.717) is 12.8 Å². The average Bonchev–Trinajstić information content (AvgIpc) is 3.23. The van der Waals surface area contributed by atoms with Gasteiger partial charge in [-0.05, 0) is 23.6 Å². The molecule has 8 heteroatoms. The van der Waals surface area contributed by atoms with E-state index in [-0.39, 0.29) is 13.0 Å². The van der Waals surface area contributed by atoms with E-state index >= 15 is 0 Å². The molecule has 8 nitrogen and oxygen atoms in total. The summed E-state index contributed by atoms with van der Waals surface area (Å²) in [5, 5.41) is 15.8. The van der Waals surface area contributed by atoms with Crippen LogP contribution < -0.4 is 10.6 Å². The molecule has 2 amide bonds. The van der Waals surface area contributed by atoms with E-state index in [1.165, 1.54) is 0 Å². The van der Waals surface area contributed by atoms with Gasteiger partial charge in [0.1, 0.15) is 18.7 Å². The zero-order chi connectivity index (χ0) is 23.6. The maximum atomic E-state index is 12.9. The summed E-state index contributed by atoms with van der Waals surface area (Å²) in [6.45, 7) is 2.05. The molecule has 33 heavy (non-hydrogen) atoms. The van der Waals surface area contributed by atoms with Crippen LogP contribution in [0.2, 0.25) is 0 Å². The largest absolute Gasteiger partial charge is 0.480 e. The van der Waals surface area contributed by atoms with Crippen molar-refractivity contribution in [3.8, 4) is 0 Å². The minimum absolute atomic E-state index is 0.0765. The van der Waals surface area contributed by atoms with Crippen LogP contribution in [0.15, 0.2) is 60.8 Å². The first-order valence-corrected chi connectivity index (χ1v) is 11.0. The molecule has 174 valence electrons. The van der Waals surface area contributed by atoms with Crippen LogP contribution in [-0.2, 0) is 27.4 Å². The summed E-state index contributed by atoms with van der Waals surface area (Å²) in [7, 11) is 0. The number of amides is 2. The highest BCUT2D eigenvalue weighted by molar-refractivity contribution is 5.90. The maximum absolute atomic E-state index is 12.9. The molecule has 0 unspecified atom stereocenters. The number of carboxylic acid groups (broad SMARTS) is 1. The molecular weight excluding hydrogens is 422 g/mol. The number of ether oxygens (including phenoxy) is 1. The normalized spacial score (nSPS) is 12.6. The molecule has 0 radical (unpaired) electrons. The Bertz CT molecular complexity index is 1080. The van der Waals surface area contributed by atoms with E-state index in [1.54, 1.807) is 6.20 Å². The molecule has 0 bridgehead atoms. The van der Waals surface area contributed by atoms with Crippen molar-refractivity contribution >= 4 is 28.9 Å². The number of aromatic amines is 1. The molecule has 1 aromatic heterocycles. The van der Waals surface area contributed by atoms with Gasteiger partial charge in [-0.25, -0.2) is 9.59 Å². The van der Waals surface area contributed by atoms with Crippen molar-refractivity contribution in [2.75, 3.05) is 0 Å². The van der Waals surface area contributed by atoms with E-state index in [9.17, 15) is 19.5 Å². The van der Waals surface area contributed by atoms with Gasteiger partial charge in [0, 0.05) is 23.5 Å². The fraction of sp³-hybridized carbons (Fsp3) is 0.320. The van der Waals surface area contributed by atoms with Crippen LogP contribution in [0.5, 0.6) is 0 Å². The summed E-state index contributed by atoms with van der Waals surface area (Å²) in [6.07, 6.45) is 3.03. The predicted octanol–water partition coefficient (Wildman–Crippen LogP) is 3.77. The fourth-order valence-corrected chi connectivity index (χ4v) is 3.58. The second-order valence-electron chi connectivity index (χ2n) is 7.86. The first-order valence-electron chi connectivity index (χ1n) is 11.0. The summed E-state index contributed by atoms with van der Waals surface area (Å²) >= 11 is 0. The van der Waals surface area contributed by atoms with Crippen LogP contribution in [0.1, 0.15) is 37.3 Å². The lowest BCUT2D eigenvalue weighted by atomic mass is 10.0. The van der Waals surface area contributed by atoms with Crippen molar-refractivity contribution in [3.05, 3.63) is 71.9 Å². The Morgan fingerprint density at radius 3 is 2.45 bits per heavy atom. The number of H-pyrrole nitrogens is 1. The summed E-state index contributed by atoms with van der Waals surface area (Å²) < 4.78 is 5.22. The Balaban J connectivity index is 1.63. The van der Waals surface area contributed by atoms with E-state index in [0.717, 1.165) is 28.5 Å². The van der Waals surface area contributed by atoms with Gasteiger partial charge in [0.2, 0.25) is 5.91 Å². The van der Waals surface area contributed by atoms with E-state index < -0.39 is 30.1 Å². The Morgan fingerprint density at radius 2 is 1.73 bits per heavy atom. The number of benzene rings is 2. The van der Waals surface area contributed by atoms with Gasteiger partial charge in [0.05, 0.1) is 0 Å². The van der Waals surface area contributed by atoms with Gasteiger partial charge in [0.25, 0.3) is 0 Å². The molecule has 0 spiro atoms. The first kappa shape index (κ1) is 23.8. The van der Waals surface area contributed by atoms with Crippen LogP contribution >= 0.6 is 0 Å². The van der Waals surface area contributed by atoms with E-state index in [4.69, 9.17) is 4.74 Å². The van der Waals surface area contributed by atoms with Gasteiger partial charge < -0.3 is 25.5 Å². The molecule has 3 rings (SSSR count). The van der Waals surface area contributed by atoms with Crippen molar-refractivity contribution in [2.45, 2.75) is 51.3 Å². The zero-order valence-corrected chi connectivity index (χ0v) is 18.5. The SMILES string of the molecule is CCCC[C@H](NC(=O)OCc1ccccc1)C(=O)N[C@@H](Cc1c[nH]c2ccccc12)C(=O)O. The van der Waals surface area contributed by atoms with Crippen molar-refractivity contribution in [2.24, 2.45) is 0 Å². The number of aromatic nitrogens is 1. The average molecular weight is 452 g/mol. The highest BCUT2D eigenvalue weighted by atomic mass is 16.5. The number of carboxylic acids is 1. The van der Waals surface area contributed by atoms with Gasteiger partial charge in [-0.3, -0.25) is 4.79 Å². The monoisotopic (exact) mass is 451 g/mol. The number of carbonyl (C=O) groups is 3. The van der Waals surface area contributed by atoms with Crippen LogP contribution in [0, 0.1) is 0 Å². The third-order valence-corrected chi connectivity index (χ3v) is 5.38. The topological polar surface area (TPSA) is 121 Å². The standard InChI is InChI=1S/C25H29N3O5/c1-2-3-12-21(28-25(32)33-16-17-9-5-4-6-10-17)23(29)27-22(24(30)31)14-18-15-26-20-13-8-7-11-19(18)20/h4-11,13,15,21-22,26H,2-3,12,14,16H2,1H3,(H,27,29)(H,28,32)(H,30,31)/t21-,22-/m0/s1. The second-order valence-corrected chi connectivity index (χ2v) is 7.86. The highest BCUT2D eigenvalue weighted by Gasteiger charge is 2.27. The molecule has 4 N–H and O–H groups in total. The number of nitrogens with one attached hydrogen (secondary N) is 3. The predicted molar refractivity (Wildman–Crippen MR) is 125 cm³/mol. The molecule has 2 atom stereocenters. The number of carbonyl (C=O) groups excluding carboxylic acids is 2. The van der Waals surface area contributed by atoms with E-state index in [1.807, 2.05) is 61.5 Å². The molecule has 0 saturated carbocycles. The van der Waals surface area contributed by atoms with Crippen molar-refractivity contribution in [1.82, 2.24) is 15.6 Å². The summed E-state index contributed by atoms with van der Waals surface area (Å²) in [5.74, 6) is -1.69. The van der Waals surface area contributed by atoms with Crippen LogP contribution in [0.4, 0.5) is 4.79 Å². The first-order chi connectivity index (χ1) is 16.0. The number of para-hydroxylation sites is 1. The molecule has 0 aliphatic carbocycles. The number of fused-ring (bicyclic) bond motifs is 1. The van der Waals surface area contributed by atoms with Crippen LogP contribution in [0.25, 0.3) is 10.9 Å². The number of hydrogen-bond acceptors (Lipinski definition) is 4. The van der Waals surface area contributed by atoms with Gasteiger partial charge in [0.15, 0.2) is 0 Å². The van der Waals surface area contributed by atoms with Crippen LogP contribution in [0.3, 0.4) is 0 Å². The highest BCUT2D eigenvalue weighted by Crippen LogP contribution is 2.19. The molecule has 1 heterocycles. The number of rotatable bonds is 11. The van der Waals surface area contributed by atoms with Gasteiger partial charge in [-0.2, -0.15) is 0 Å². The number of aliphatic carboxylic acids is 1. The molecule has 3 aromatic rings. The second kappa shape index (κ2) is 11.7. The third kappa shape index (κ3) is 6.83. The molecule has 0 aliphatic rings. The van der Waals surface area contributed by atoms with Gasteiger partial charge >= 0.3 is 12.1 Å². The van der Waals surface area contributed by atoms with Crippen molar-refractivity contribution in [1.29, 1.82) is 0 Å². The Hall–Kier alpha value is -3.81. The van der Waals surface area contributed by atoms with Crippen molar-refractivity contribution < 1.29 is 24.2 Å². The minimum Gasteiger partial charge on any atom is -0.480 e. The number of alkyl carbamates (subject to hydrolysis) is 1. The van der Waals surface area contributed by atoms with Crippen LogP contribution in [-0.4, -0.2) is 40.1 Å². The molecule has 0 fully saturated rings. The maximum Gasteiger partial charge on any atom is 0.408 e. The summed E-state index contributed by atoms with van der Waals surface area (Å²) in [5.41, 5.74) is 2.51. The molecule has 2 aromatic carbocycles. The van der Waals surface area contributed by atoms with Gasteiger partial charge in [-0.15, -0.1) is 0 Å². The number of unbranched alkanes of at least 4 members (excludes halogenated alkanes) is 1. The molecule has 0 aliphatic heterocycles. The molecule has 0 saturated heterocycles. The van der Waals surface area contributed by atoms with Crippen molar-refractivity contribution in [3.63, 3.8) is 0 Å². The summed E-state index contributed by atoms with van der Waals surface area (Å²) in [6, 6.07) is 14.7. The number of hydrogen-bond donors (Lipinski definition) is 4. The fourth-order valence-electron chi connectivity index (χ4n) is 3.58. The summed E-state index contributed by atoms with van der Waals surface area (Å²) in [4.78, 5) is 40.2.